The quantitative estimate of drug-likeness (QED) is 0.707. The van der Waals surface area contributed by atoms with Gasteiger partial charge in [0.25, 0.3) is 0 Å². The molecule has 0 saturated carbocycles. The summed E-state index contributed by atoms with van der Waals surface area (Å²) >= 11 is 0. The van der Waals surface area contributed by atoms with Crippen LogP contribution in [0, 0.1) is 0 Å². The molecule has 5 heteroatoms. The van der Waals surface area contributed by atoms with Crippen LogP contribution in [0.2, 0.25) is 0 Å². The van der Waals surface area contributed by atoms with E-state index < -0.39 is 6.10 Å². The maximum Gasteiger partial charge on any atom is 0.248 e. The van der Waals surface area contributed by atoms with E-state index in [-0.39, 0.29) is 11.6 Å². The standard InChI is InChI=1S/C13H20N2O3/c1-18-8-9(16)7-14-11-3-2-4-12-10(11)5-6-13(17)15-12/h5-6,9,11,14,16H,2-4,7-8H2,1H3,(H,15,17). The second-order valence-corrected chi connectivity index (χ2v) is 4.72. The second kappa shape index (κ2) is 6.13. The number of aryl methyl sites for hydroxylation is 1. The van der Waals surface area contributed by atoms with Gasteiger partial charge in [0.1, 0.15) is 0 Å². The summed E-state index contributed by atoms with van der Waals surface area (Å²) in [5.74, 6) is 0. The Bertz CT molecular complexity index is 444. The lowest BCUT2D eigenvalue weighted by Gasteiger charge is -2.26. The van der Waals surface area contributed by atoms with Gasteiger partial charge in [-0.1, -0.05) is 6.07 Å². The Hall–Kier alpha value is -1.17. The number of ether oxygens (including phenoxy) is 1. The van der Waals surface area contributed by atoms with E-state index in [1.165, 1.54) is 0 Å². The van der Waals surface area contributed by atoms with Crippen LogP contribution in [0.1, 0.15) is 30.1 Å². The molecule has 2 unspecified atom stereocenters. The smallest absolute Gasteiger partial charge is 0.248 e. The van der Waals surface area contributed by atoms with Gasteiger partial charge < -0.3 is 20.1 Å². The topological polar surface area (TPSA) is 74.3 Å². The van der Waals surface area contributed by atoms with Crippen molar-refractivity contribution in [2.75, 3.05) is 20.3 Å². The Morgan fingerprint density at radius 2 is 2.44 bits per heavy atom. The Kier molecular flexibility index (Phi) is 4.52. The van der Waals surface area contributed by atoms with Crippen LogP contribution >= 0.6 is 0 Å². The monoisotopic (exact) mass is 252 g/mol. The normalized spacial score (nSPS) is 20.4. The fourth-order valence-corrected chi connectivity index (χ4v) is 2.44. The first-order valence-electron chi connectivity index (χ1n) is 6.33. The van der Waals surface area contributed by atoms with Crippen LogP contribution in [0.3, 0.4) is 0 Å². The first-order chi connectivity index (χ1) is 8.70. The van der Waals surface area contributed by atoms with E-state index in [0.717, 1.165) is 30.5 Å². The first-order valence-corrected chi connectivity index (χ1v) is 6.33. The number of aliphatic hydroxyl groups is 1. The van der Waals surface area contributed by atoms with E-state index in [1.54, 1.807) is 13.2 Å². The Morgan fingerprint density at radius 3 is 3.22 bits per heavy atom. The van der Waals surface area contributed by atoms with E-state index in [0.29, 0.717) is 13.2 Å². The number of aromatic nitrogens is 1. The summed E-state index contributed by atoms with van der Waals surface area (Å²) < 4.78 is 4.89. The zero-order valence-electron chi connectivity index (χ0n) is 10.6. The molecule has 0 bridgehead atoms. The lowest BCUT2D eigenvalue weighted by molar-refractivity contribution is 0.0622. The Balaban J connectivity index is 2.01. The largest absolute Gasteiger partial charge is 0.389 e. The SMILES string of the molecule is COCC(O)CNC1CCCc2[nH]c(=O)ccc21. The van der Waals surface area contributed by atoms with Crippen molar-refractivity contribution in [2.45, 2.75) is 31.4 Å². The maximum atomic E-state index is 11.3. The fraction of sp³-hybridized carbons (Fsp3) is 0.615. The summed E-state index contributed by atoms with van der Waals surface area (Å²) in [7, 11) is 1.57. The predicted molar refractivity (Wildman–Crippen MR) is 68.6 cm³/mol. The molecule has 0 amide bonds. The summed E-state index contributed by atoms with van der Waals surface area (Å²) in [4.78, 5) is 14.2. The molecule has 0 fully saturated rings. The molecule has 1 aromatic heterocycles. The van der Waals surface area contributed by atoms with Crippen molar-refractivity contribution in [3.63, 3.8) is 0 Å². The van der Waals surface area contributed by atoms with Crippen molar-refractivity contribution in [1.29, 1.82) is 0 Å². The van der Waals surface area contributed by atoms with Gasteiger partial charge in [-0.05, 0) is 24.8 Å². The third kappa shape index (κ3) is 3.19. The highest BCUT2D eigenvalue weighted by Gasteiger charge is 2.20. The van der Waals surface area contributed by atoms with Crippen LogP contribution in [-0.4, -0.2) is 36.5 Å². The fourth-order valence-electron chi connectivity index (χ4n) is 2.44. The Labute approximate surface area is 106 Å². The van der Waals surface area contributed by atoms with Crippen LogP contribution in [0.25, 0.3) is 0 Å². The lowest BCUT2D eigenvalue weighted by Crippen LogP contribution is -2.35. The van der Waals surface area contributed by atoms with Crippen LogP contribution in [-0.2, 0) is 11.2 Å². The minimum atomic E-state index is -0.497. The van der Waals surface area contributed by atoms with Crippen molar-refractivity contribution < 1.29 is 9.84 Å². The predicted octanol–water partition coefficient (Wildman–Crippen LogP) is 0.349. The number of aromatic amines is 1. The minimum Gasteiger partial charge on any atom is -0.389 e. The van der Waals surface area contributed by atoms with Gasteiger partial charge in [0.15, 0.2) is 0 Å². The van der Waals surface area contributed by atoms with E-state index in [9.17, 15) is 9.90 Å². The highest BCUT2D eigenvalue weighted by atomic mass is 16.5. The highest BCUT2D eigenvalue weighted by molar-refractivity contribution is 5.26. The van der Waals surface area contributed by atoms with Gasteiger partial charge in [0.2, 0.25) is 5.56 Å². The molecule has 1 heterocycles. The molecule has 0 aliphatic heterocycles. The first kappa shape index (κ1) is 13.3. The van der Waals surface area contributed by atoms with Gasteiger partial charge >= 0.3 is 0 Å². The molecule has 1 aliphatic carbocycles. The van der Waals surface area contributed by atoms with Gasteiger partial charge in [-0.2, -0.15) is 0 Å². The summed E-state index contributed by atoms with van der Waals surface area (Å²) in [5, 5.41) is 13.0. The van der Waals surface area contributed by atoms with Crippen molar-refractivity contribution in [3.8, 4) is 0 Å². The minimum absolute atomic E-state index is 0.0474. The summed E-state index contributed by atoms with van der Waals surface area (Å²) in [5.41, 5.74) is 2.12. The third-order valence-corrected chi connectivity index (χ3v) is 3.29. The number of methoxy groups -OCH3 is 1. The molecule has 0 aromatic carbocycles. The molecule has 2 atom stereocenters. The number of hydrogen-bond acceptors (Lipinski definition) is 4. The molecule has 0 spiro atoms. The van der Waals surface area contributed by atoms with Crippen LogP contribution in [0.5, 0.6) is 0 Å². The molecule has 5 nitrogen and oxygen atoms in total. The van der Waals surface area contributed by atoms with Gasteiger partial charge in [-0.3, -0.25) is 4.79 Å². The van der Waals surface area contributed by atoms with Gasteiger partial charge in [0.05, 0.1) is 12.7 Å². The molecule has 18 heavy (non-hydrogen) atoms. The lowest BCUT2D eigenvalue weighted by atomic mass is 9.91. The van der Waals surface area contributed by atoms with Crippen molar-refractivity contribution in [2.24, 2.45) is 0 Å². The molecular formula is C13H20N2O3. The number of nitrogens with one attached hydrogen (secondary N) is 2. The average molecular weight is 252 g/mol. The molecule has 1 aromatic rings. The Morgan fingerprint density at radius 1 is 1.61 bits per heavy atom. The third-order valence-electron chi connectivity index (χ3n) is 3.29. The second-order valence-electron chi connectivity index (χ2n) is 4.72. The summed E-state index contributed by atoms with van der Waals surface area (Å²) in [6, 6.07) is 3.65. The zero-order chi connectivity index (χ0) is 13.0. The van der Waals surface area contributed by atoms with Gasteiger partial charge in [-0.25, -0.2) is 0 Å². The number of aliphatic hydroxyl groups excluding tert-OH is 1. The van der Waals surface area contributed by atoms with Crippen molar-refractivity contribution in [3.05, 3.63) is 33.7 Å². The zero-order valence-corrected chi connectivity index (χ0v) is 10.6. The van der Waals surface area contributed by atoms with E-state index in [1.807, 2.05) is 6.07 Å². The van der Waals surface area contributed by atoms with E-state index in [4.69, 9.17) is 4.74 Å². The van der Waals surface area contributed by atoms with Gasteiger partial charge in [0, 0.05) is 31.5 Å². The number of hydrogen-bond donors (Lipinski definition) is 3. The van der Waals surface area contributed by atoms with E-state index in [2.05, 4.69) is 10.3 Å². The molecule has 0 saturated heterocycles. The van der Waals surface area contributed by atoms with Crippen LogP contribution in [0.15, 0.2) is 16.9 Å². The molecule has 3 N–H and O–H groups in total. The molecule has 2 rings (SSSR count). The number of fused-ring (bicyclic) bond motifs is 1. The van der Waals surface area contributed by atoms with Crippen molar-refractivity contribution >= 4 is 0 Å². The summed E-state index contributed by atoms with van der Waals surface area (Å²) in [6.07, 6.45) is 2.50. The highest BCUT2D eigenvalue weighted by Crippen LogP contribution is 2.27. The van der Waals surface area contributed by atoms with Gasteiger partial charge in [-0.15, -0.1) is 0 Å². The maximum absolute atomic E-state index is 11.3. The molecule has 0 radical (unpaired) electrons. The number of H-pyrrole nitrogens is 1. The molecule has 1 aliphatic rings. The summed E-state index contributed by atoms with van der Waals surface area (Å²) in [6.45, 7) is 0.829. The molecule has 100 valence electrons. The van der Waals surface area contributed by atoms with Crippen LogP contribution in [0.4, 0.5) is 0 Å². The van der Waals surface area contributed by atoms with E-state index >= 15 is 0 Å². The van der Waals surface area contributed by atoms with Crippen LogP contribution < -0.4 is 10.9 Å². The average Bonchev–Trinajstić information content (AvgIpc) is 2.36. The molecular weight excluding hydrogens is 232 g/mol. The van der Waals surface area contributed by atoms with Crippen molar-refractivity contribution in [1.82, 2.24) is 10.3 Å². The number of pyridine rings is 1. The number of rotatable bonds is 5.